The van der Waals surface area contributed by atoms with Gasteiger partial charge in [0.2, 0.25) is 5.91 Å². The van der Waals surface area contributed by atoms with Crippen molar-refractivity contribution in [1.29, 1.82) is 0 Å². The lowest BCUT2D eigenvalue weighted by Crippen LogP contribution is -2.55. The summed E-state index contributed by atoms with van der Waals surface area (Å²) in [6.45, 7) is 5.85. The van der Waals surface area contributed by atoms with Crippen molar-refractivity contribution in [3.05, 3.63) is 52.6 Å². The molecular formula is C26H38N8O4. The van der Waals surface area contributed by atoms with Crippen LogP contribution in [0.25, 0.3) is 5.69 Å². The number of urea groups is 1. The van der Waals surface area contributed by atoms with Gasteiger partial charge in [0.25, 0.3) is 0 Å². The number of aliphatic hydroxyl groups is 1. The Hall–Kier alpha value is -3.32. The molecule has 2 aromatic rings. The van der Waals surface area contributed by atoms with E-state index in [1.165, 1.54) is 15.0 Å². The van der Waals surface area contributed by atoms with Gasteiger partial charge in [-0.15, -0.1) is 0 Å². The van der Waals surface area contributed by atoms with Crippen molar-refractivity contribution < 1.29 is 14.7 Å². The molecular weight excluding hydrogens is 488 g/mol. The van der Waals surface area contributed by atoms with Crippen molar-refractivity contribution in [2.24, 2.45) is 17.4 Å². The molecule has 2 saturated heterocycles. The van der Waals surface area contributed by atoms with Gasteiger partial charge in [-0.2, -0.15) is 4.98 Å². The lowest BCUT2D eigenvalue weighted by Gasteiger charge is -2.35. The van der Waals surface area contributed by atoms with Crippen LogP contribution >= 0.6 is 0 Å². The fraction of sp³-hybridized carbons (Fsp3) is 0.538. The van der Waals surface area contributed by atoms with Crippen molar-refractivity contribution in [1.82, 2.24) is 24.3 Å². The molecule has 2 atom stereocenters. The van der Waals surface area contributed by atoms with Crippen LogP contribution in [0.4, 0.5) is 10.6 Å². The molecule has 38 heavy (non-hydrogen) atoms. The average Bonchev–Trinajstić information content (AvgIpc) is 2.93. The number of nitrogens with one attached hydrogen (secondary N) is 1. The number of benzene rings is 1. The Labute approximate surface area is 222 Å². The number of nitrogens with two attached hydrogens (primary N) is 2. The van der Waals surface area contributed by atoms with Crippen molar-refractivity contribution in [3.63, 3.8) is 0 Å². The lowest BCUT2D eigenvalue weighted by molar-refractivity contribution is -0.134. The molecule has 0 bridgehead atoms. The Bertz CT molecular complexity index is 1150. The van der Waals surface area contributed by atoms with Crippen LogP contribution in [0.2, 0.25) is 0 Å². The predicted molar refractivity (Wildman–Crippen MR) is 144 cm³/mol. The topological polar surface area (TPSA) is 163 Å². The minimum atomic E-state index is -0.953. The lowest BCUT2D eigenvalue weighted by atomic mass is 9.91. The molecule has 206 valence electrons. The van der Waals surface area contributed by atoms with Gasteiger partial charge in [0.05, 0.1) is 12.3 Å². The standard InChI is InChI=1S/C26H38N8O4/c1-18(27)20-6-9-31(10-7-20)16-19-2-4-21(5-3-19)34-11-8-23(30-26(34)38)29-25(37)33-14-12-32(13-15-33)24(36)22(28)17-35/h2-5,8,11,18,20,22,35H,6-7,9-10,12-17,27-28H2,1H3,(H,29,30,37,38)/t18-,22-/m0/s1. The molecule has 1 aromatic heterocycles. The Balaban J connectivity index is 1.30. The first-order valence-electron chi connectivity index (χ1n) is 13.1. The molecule has 12 nitrogen and oxygen atoms in total. The normalized spacial score (nSPS) is 18.7. The van der Waals surface area contributed by atoms with Crippen molar-refractivity contribution >= 4 is 17.8 Å². The largest absolute Gasteiger partial charge is 0.394 e. The molecule has 3 amide bonds. The highest BCUT2D eigenvalue weighted by Crippen LogP contribution is 2.21. The minimum absolute atomic E-state index is 0.156. The molecule has 0 saturated carbocycles. The SMILES string of the molecule is C[C@H](N)C1CCN(Cc2ccc(-n3ccc(NC(=O)N4CCN(C(=O)[C@@H](N)CO)CC4)nc3=O)cc2)CC1. The number of likely N-dealkylation sites (tertiary alicyclic amines) is 1. The third-order valence-corrected chi connectivity index (χ3v) is 7.43. The first-order valence-corrected chi connectivity index (χ1v) is 13.1. The van der Waals surface area contributed by atoms with E-state index in [1.807, 2.05) is 24.3 Å². The summed E-state index contributed by atoms with van der Waals surface area (Å²) in [5.41, 5.74) is 13.0. The monoisotopic (exact) mass is 526 g/mol. The molecule has 0 aliphatic carbocycles. The Morgan fingerprint density at radius 3 is 2.24 bits per heavy atom. The summed E-state index contributed by atoms with van der Waals surface area (Å²) in [6.07, 6.45) is 3.83. The quantitative estimate of drug-likeness (QED) is 0.385. The number of hydrogen-bond donors (Lipinski definition) is 4. The van der Waals surface area contributed by atoms with Crippen molar-refractivity contribution in [2.75, 3.05) is 51.2 Å². The summed E-state index contributed by atoms with van der Waals surface area (Å²) < 4.78 is 1.43. The molecule has 0 spiro atoms. The van der Waals surface area contributed by atoms with Crippen LogP contribution in [0.5, 0.6) is 0 Å². The fourth-order valence-corrected chi connectivity index (χ4v) is 4.96. The summed E-state index contributed by atoms with van der Waals surface area (Å²) >= 11 is 0. The number of rotatable bonds is 7. The number of amides is 3. The molecule has 2 aliphatic rings. The van der Waals surface area contributed by atoms with E-state index in [-0.39, 0.29) is 17.8 Å². The molecule has 3 heterocycles. The van der Waals surface area contributed by atoms with Crippen LogP contribution in [0, 0.1) is 5.92 Å². The van der Waals surface area contributed by atoms with Crippen LogP contribution < -0.4 is 22.5 Å². The van der Waals surface area contributed by atoms with E-state index < -0.39 is 24.4 Å². The number of nitrogens with zero attached hydrogens (tertiary/aromatic N) is 5. The third kappa shape index (κ3) is 6.76. The number of carbonyl (C=O) groups is 2. The molecule has 4 rings (SSSR count). The molecule has 2 aliphatic heterocycles. The second-order valence-electron chi connectivity index (χ2n) is 10.1. The molecule has 1 aromatic carbocycles. The van der Waals surface area contributed by atoms with Gasteiger partial charge in [-0.05, 0) is 62.5 Å². The predicted octanol–water partition coefficient (Wildman–Crippen LogP) is -0.213. The van der Waals surface area contributed by atoms with Gasteiger partial charge in [-0.3, -0.25) is 19.6 Å². The van der Waals surface area contributed by atoms with E-state index in [0.717, 1.165) is 32.5 Å². The number of carbonyl (C=O) groups excluding carboxylic acids is 2. The van der Waals surface area contributed by atoms with Gasteiger partial charge in [-0.25, -0.2) is 9.59 Å². The number of piperazine rings is 1. The van der Waals surface area contributed by atoms with Crippen LogP contribution in [-0.2, 0) is 11.3 Å². The zero-order chi connectivity index (χ0) is 27.2. The fourth-order valence-electron chi connectivity index (χ4n) is 4.96. The van der Waals surface area contributed by atoms with Gasteiger partial charge >= 0.3 is 11.7 Å². The maximum absolute atomic E-state index is 12.7. The first-order chi connectivity index (χ1) is 18.2. The van der Waals surface area contributed by atoms with E-state index in [0.29, 0.717) is 37.8 Å². The molecule has 6 N–H and O–H groups in total. The summed E-state index contributed by atoms with van der Waals surface area (Å²) in [5.74, 6) is 0.412. The van der Waals surface area contributed by atoms with Gasteiger partial charge in [0, 0.05) is 45.0 Å². The maximum atomic E-state index is 12.7. The second kappa shape index (κ2) is 12.5. The minimum Gasteiger partial charge on any atom is -0.394 e. The van der Waals surface area contributed by atoms with Crippen molar-refractivity contribution in [2.45, 2.75) is 38.4 Å². The van der Waals surface area contributed by atoms with Crippen molar-refractivity contribution in [3.8, 4) is 5.69 Å². The number of piperidine rings is 1. The van der Waals surface area contributed by atoms with E-state index in [2.05, 4.69) is 22.1 Å². The van der Waals surface area contributed by atoms with E-state index >= 15 is 0 Å². The average molecular weight is 527 g/mol. The van der Waals surface area contributed by atoms with Gasteiger partial charge in [0.1, 0.15) is 11.9 Å². The highest BCUT2D eigenvalue weighted by Gasteiger charge is 2.27. The van der Waals surface area contributed by atoms with E-state index in [4.69, 9.17) is 16.6 Å². The van der Waals surface area contributed by atoms with Gasteiger partial charge < -0.3 is 26.4 Å². The van der Waals surface area contributed by atoms with Gasteiger partial charge in [0.15, 0.2) is 0 Å². The van der Waals surface area contributed by atoms with E-state index in [9.17, 15) is 14.4 Å². The smallest absolute Gasteiger partial charge is 0.354 e. The van der Waals surface area contributed by atoms with Gasteiger partial charge in [-0.1, -0.05) is 12.1 Å². The summed E-state index contributed by atoms with van der Waals surface area (Å²) in [4.78, 5) is 46.9. The van der Waals surface area contributed by atoms with Crippen LogP contribution in [0.15, 0.2) is 41.3 Å². The Morgan fingerprint density at radius 1 is 1.03 bits per heavy atom. The molecule has 2 fully saturated rings. The number of hydrogen-bond acceptors (Lipinski definition) is 8. The zero-order valence-electron chi connectivity index (χ0n) is 21.8. The molecule has 0 radical (unpaired) electrons. The third-order valence-electron chi connectivity index (χ3n) is 7.43. The van der Waals surface area contributed by atoms with Crippen LogP contribution in [0.1, 0.15) is 25.3 Å². The number of aliphatic hydroxyl groups excluding tert-OH is 1. The van der Waals surface area contributed by atoms with Crippen LogP contribution in [-0.4, -0.2) is 99.3 Å². The second-order valence-corrected chi connectivity index (χ2v) is 10.1. The number of anilines is 1. The molecule has 12 heteroatoms. The highest BCUT2D eigenvalue weighted by molar-refractivity contribution is 5.88. The number of aromatic nitrogens is 2. The van der Waals surface area contributed by atoms with E-state index in [1.54, 1.807) is 17.2 Å². The van der Waals surface area contributed by atoms with Crippen LogP contribution in [0.3, 0.4) is 0 Å². The first kappa shape index (κ1) is 27.7. The zero-order valence-corrected chi connectivity index (χ0v) is 21.8. The summed E-state index contributed by atoms with van der Waals surface area (Å²) in [6, 6.07) is 8.31. The Morgan fingerprint density at radius 2 is 1.66 bits per heavy atom. The summed E-state index contributed by atoms with van der Waals surface area (Å²) in [7, 11) is 0. The highest BCUT2D eigenvalue weighted by atomic mass is 16.3. The summed E-state index contributed by atoms with van der Waals surface area (Å²) in [5, 5.41) is 11.7. The molecule has 0 unspecified atom stereocenters. The Kier molecular flexibility index (Phi) is 9.10. The maximum Gasteiger partial charge on any atom is 0.354 e.